The minimum atomic E-state index is -0.751. The predicted octanol–water partition coefficient (Wildman–Crippen LogP) is 5.13. The summed E-state index contributed by atoms with van der Waals surface area (Å²) in [5, 5.41) is 6.83. The number of rotatable bonds is 5. The molecule has 0 atom stereocenters. The van der Waals surface area contributed by atoms with Gasteiger partial charge in [0.05, 0.1) is 32.2 Å². The van der Waals surface area contributed by atoms with Crippen LogP contribution in [0, 0.1) is 6.92 Å². The number of nitrogens with zero attached hydrogens (tertiary/aromatic N) is 5. The van der Waals surface area contributed by atoms with E-state index in [0.717, 1.165) is 11.3 Å². The minimum absolute atomic E-state index is 0.0356. The summed E-state index contributed by atoms with van der Waals surface area (Å²) in [6, 6.07) is 1.84. The maximum atomic E-state index is 12.8. The van der Waals surface area contributed by atoms with Gasteiger partial charge in [-0.15, -0.1) is 0 Å². The van der Waals surface area contributed by atoms with E-state index >= 15 is 0 Å². The summed E-state index contributed by atoms with van der Waals surface area (Å²) >= 11 is 0. The van der Waals surface area contributed by atoms with E-state index in [0.29, 0.717) is 42.0 Å². The molecule has 1 aliphatic heterocycles. The fourth-order valence-electron chi connectivity index (χ4n) is 4.06. The van der Waals surface area contributed by atoms with E-state index in [1.54, 1.807) is 25.1 Å². The van der Waals surface area contributed by atoms with Gasteiger partial charge < -0.3 is 19.1 Å². The largest absolute Gasteiger partial charge is 0.496 e. The lowest BCUT2D eigenvalue weighted by Crippen LogP contribution is -2.39. The van der Waals surface area contributed by atoms with Crippen molar-refractivity contribution in [2.45, 2.75) is 74.0 Å². The van der Waals surface area contributed by atoms with Gasteiger partial charge in [-0.3, -0.25) is 24.8 Å². The topological polar surface area (TPSA) is 154 Å². The lowest BCUT2D eigenvalue weighted by molar-refractivity contribution is 0.0270. The van der Waals surface area contributed by atoms with Crippen LogP contribution < -0.4 is 15.6 Å². The van der Waals surface area contributed by atoms with Crippen LogP contribution in [-0.2, 0) is 16.0 Å². The summed E-state index contributed by atoms with van der Waals surface area (Å²) in [6.07, 6.45) is 3.19. The first-order chi connectivity index (χ1) is 20.0. The van der Waals surface area contributed by atoms with Crippen molar-refractivity contribution in [1.82, 2.24) is 29.6 Å². The highest BCUT2D eigenvalue weighted by molar-refractivity contribution is 5.84. The second-order valence-corrected chi connectivity index (χ2v) is 9.76. The SMILES string of the molecule is CC.CC.COC(=O)Nc1nc2c(C)nn(Cc3cnc(C4=CCN(C(=O)OC(C)(C)C)CC4)cc3OC)c2c(=O)[nH]1. The third-order valence-electron chi connectivity index (χ3n) is 5.85. The highest BCUT2D eigenvalue weighted by atomic mass is 16.6. The van der Waals surface area contributed by atoms with Crippen molar-refractivity contribution < 1.29 is 23.8 Å². The van der Waals surface area contributed by atoms with Gasteiger partial charge in [0.25, 0.3) is 5.56 Å². The second kappa shape index (κ2) is 15.0. The van der Waals surface area contributed by atoms with Crippen LogP contribution in [0.1, 0.15) is 71.8 Å². The molecule has 0 unspecified atom stereocenters. The number of anilines is 1. The number of methoxy groups -OCH3 is 2. The first-order valence-corrected chi connectivity index (χ1v) is 14.0. The van der Waals surface area contributed by atoms with E-state index in [2.05, 4.69) is 30.1 Å². The van der Waals surface area contributed by atoms with Gasteiger partial charge in [0.1, 0.15) is 16.9 Å². The first kappa shape index (κ1) is 33.8. The number of pyridine rings is 1. The fraction of sp³-hybridized carbons (Fsp3) is 0.517. The molecule has 13 nitrogen and oxygen atoms in total. The second-order valence-electron chi connectivity index (χ2n) is 9.76. The summed E-state index contributed by atoms with van der Waals surface area (Å²) in [4.78, 5) is 49.8. The maximum absolute atomic E-state index is 12.8. The van der Waals surface area contributed by atoms with E-state index in [4.69, 9.17) is 9.47 Å². The van der Waals surface area contributed by atoms with Crippen LogP contribution in [-0.4, -0.2) is 74.7 Å². The Kier molecular flexibility index (Phi) is 12.1. The molecule has 0 aliphatic carbocycles. The monoisotopic (exact) mass is 585 g/mol. The van der Waals surface area contributed by atoms with Crippen molar-refractivity contribution in [3.8, 4) is 5.75 Å². The highest BCUT2D eigenvalue weighted by Gasteiger charge is 2.25. The average molecular weight is 586 g/mol. The number of H-pyrrole nitrogens is 1. The molecule has 0 radical (unpaired) electrons. The van der Waals surface area contributed by atoms with Crippen molar-refractivity contribution in [3.63, 3.8) is 0 Å². The summed E-state index contributed by atoms with van der Waals surface area (Å²) < 4.78 is 17.2. The van der Waals surface area contributed by atoms with Gasteiger partial charge in [0.2, 0.25) is 5.95 Å². The molecular weight excluding hydrogens is 542 g/mol. The number of ether oxygens (including phenoxy) is 3. The van der Waals surface area contributed by atoms with Gasteiger partial charge in [-0.2, -0.15) is 5.10 Å². The number of hydrogen-bond acceptors (Lipinski definition) is 9. The molecule has 230 valence electrons. The quantitative estimate of drug-likeness (QED) is 0.414. The zero-order chi connectivity index (χ0) is 31.6. The van der Waals surface area contributed by atoms with Crippen LogP contribution >= 0.6 is 0 Å². The molecule has 0 spiro atoms. The van der Waals surface area contributed by atoms with Crippen LogP contribution in [0.3, 0.4) is 0 Å². The summed E-state index contributed by atoms with van der Waals surface area (Å²) in [6.45, 7) is 16.4. The third kappa shape index (κ3) is 8.30. The standard InChI is InChI=1S/C25H31N7O6.2C2H6/c1-14-19-20(21(33)28-22(27-19)29-23(34)37-6)32(30-14)13-16-12-26-17(11-18(16)36-5)15-7-9-31(10-8-15)24(35)38-25(2,3)4;2*1-2/h7,11-12H,8-10,13H2,1-6H3,(H2,27,28,29,33,34);2*1-2H3. The van der Waals surface area contributed by atoms with Crippen molar-refractivity contribution in [1.29, 1.82) is 0 Å². The molecule has 3 aromatic rings. The fourth-order valence-corrected chi connectivity index (χ4v) is 4.06. The lowest BCUT2D eigenvalue weighted by Gasteiger charge is -2.29. The number of amides is 2. The Hall–Kier alpha value is -4.42. The number of carbonyl (C=O) groups excluding carboxylic acids is 2. The maximum Gasteiger partial charge on any atom is 0.413 e. The molecule has 4 rings (SSSR count). The Labute approximate surface area is 246 Å². The van der Waals surface area contributed by atoms with Gasteiger partial charge in [0, 0.05) is 30.9 Å². The summed E-state index contributed by atoms with van der Waals surface area (Å²) in [5.41, 5.74) is 2.57. The Balaban J connectivity index is 0.00000148. The van der Waals surface area contributed by atoms with E-state index in [-0.39, 0.29) is 24.1 Å². The van der Waals surface area contributed by atoms with Gasteiger partial charge in [-0.25, -0.2) is 14.6 Å². The van der Waals surface area contributed by atoms with Gasteiger partial charge in [-0.1, -0.05) is 33.8 Å². The first-order valence-electron chi connectivity index (χ1n) is 14.0. The average Bonchev–Trinajstić information content (AvgIpc) is 3.29. The van der Waals surface area contributed by atoms with Crippen molar-refractivity contribution >= 4 is 34.7 Å². The Bertz CT molecular complexity index is 1470. The Morgan fingerprint density at radius 3 is 2.40 bits per heavy atom. The van der Waals surface area contributed by atoms with Crippen LogP contribution in [0.25, 0.3) is 16.6 Å². The van der Waals surface area contributed by atoms with Gasteiger partial charge >= 0.3 is 12.2 Å². The number of aryl methyl sites for hydroxylation is 1. The van der Waals surface area contributed by atoms with Crippen LogP contribution in [0.15, 0.2) is 23.1 Å². The number of fused-ring (bicyclic) bond motifs is 1. The summed E-state index contributed by atoms with van der Waals surface area (Å²) in [5.74, 6) is 0.548. The zero-order valence-electron chi connectivity index (χ0n) is 26.2. The Morgan fingerprint density at radius 2 is 1.83 bits per heavy atom. The molecule has 2 N–H and O–H groups in total. The third-order valence-corrected chi connectivity index (χ3v) is 5.85. The molecule has 0 bridgehead atoms. The van der Waals surface area contributed by atoms with E-state index < -0.39 is 17.3 Å². The number of nitrogens with one attached hydrogen (secondary N) is 2. The van der Waals surface area contributed by atoms with Crippen molar-refractivity contribution in [3.05, 3.63) is 45.6 Å². The molecule has 1 aliphatic rings. The molecule has 2 amide bonds. The van der Waals surface area contributed by atoms with E-state index in [1.165, 1.54) is 11.8 Å². The number of aromatic nitrogens is 5. The van der Waals surface area contributed by atoms with Gasteiger partial charge in [-0.05, 0) is 39.7 Å². The molecule has 0 aromatic carbocycles. The highest BCUT2D eigenvalue weighted by Crippen LogP contribution is 2.28. The van der Waals surface area contributed by atoms with Gasteiger partial charge in [0.15, 0.2) is 5.52 Å². The number of carbonyl (C=O) groups is 2. The molecule has 0 saturated heterocycles. The van der Waals surface area contributed by atoms with Crippen LogP contribution in [0.5, 0.6) is 5.75 Å². The van der Waals surface area contributed by atoms with Crippen LogP contribution in [0.2, 0.25) is 0 Å². The molecule has 13 heteroatoms. The summed E-state index contributed by atoms with van der Waals surface area (Å²) in [7, 11) is 2.78. The zero-order valence-corrected chi connectivity index (χ0v) is 26.2. The normalized spacial score (nSPS) is 12.7. The molecule has 4 heterocycles. The van der Waals surface area contributed by atoms with Crippen LogP contribution in [0.4, 0.5) is 15.5 Å². The van der Waals surface area contributed by atoms with Crippen molar-refractivity contribution in [2.75, 3.05) is 32.6 Å². The molecule has 3 aromatic heterocycles. The number of hydrogen-bond donors (Lipinski definition) is 2. The molecule has 42 heavy (non-hydrogen) atoms. The smallest absolute Gasteiger partial charge is 0.413 e. The molecule has 0 fully saturated rings. The number of aromatic amines is 1. The molecular formula is C29H43N7O6. The lowest BCUT2D eigenvalue weighted by atomic mass is 10.0. The minimum Gasteiger partial charge on any atom is -0.496 e. The van der Waals surface area contributed by atoms with Crippen molar-refractivity contribution in [2.24, 2.45) is 0 Å². The van der Waals surface area contributed by atoms with E-state index in [1.807, 2.05) is 60.6 Å². The predicted molar refractivity (Wildman–Crippen MR) is 162 cm³/mol. The Morgan fingerprint density at radius 1 is 1.14 bits per heavy atom. The molecule has 0 saturated carbocycles. The van der Waals surface area contributed by atoms with E-state index in [9.17, 15) is 14.4 Å².